The largest absolute Gasteiger partial charge is 0.486 e. The molecule has 1 saturated heterocycles. The molecule has 25 heavy (non-hydrogen) atoms. The molecule has 0 aliphatic carbocycles. The molecule has 1 rings (SSSR count). The summed E-state index contributed by atoms with van der Waals surface area (Å²) in [6, 6.07) is 0. The van der Waals surface area contributed by atoms with Gasteiger partial charge in [0.05, 0.1) is 0 Å². The van der Waals surface area contributed by atoms with Crippen molar-refractivity contribution in [2.75, 3.05) is 0 Å². The van der Waals surface area contributed by atoms with Crippen LogP contribution >= 0.6 is 0 Å². The molecule has 0 N–H and O–H groups in total. The van der Waals surface area contributed by atoms with Crippen molar-refractivity contribution in [3.8, 4) is 0 Å². The van der Waals surface area contributed by atoms with Crippen molar-refractivity contribution in [3.05, 3.63) is 12.2 Å². The second-order valence-electron chi connectivity index (χ2n) is 5.61. The molecule has 0 radical (unpaired) electrons. The summed E-state index contributed by atoms with van der Waals surface area (Å²) in [5, 5.41) is 0. The number of ether oxygens (including phenoxy) is 3. The highest BCUT2D eigenvalue weighted by molar-refractivity contribution is 5.87. The Kier molecular flexibility index (Phi) is 4.74. The monoisotopic (exact) mass is 390 g/mol. The van der Waals surface area contributed by atoms with Gasteiger partial charge in [0.1, 0.15) is 5.60 Å². The number of hydrogen-bond acceptors (Lipinski definition) is 4. The van der Waals surface area contributed by atoms with Gasteiger partial charge in [0.15, 0.2) is 0 Å². The van der Waals surface area contributed by atoms with Crippen LogP contribution in [-0.2, 0) is 19.0 Å². The summed E-state index contributed by atoms with van der Waals surface area (Å²) in [6.45, 7) is 3.85. The van der Waals surface area contributed by atoms with E-state index in [-0.39, 0.29) is 13.8 Å². The van der Waals surface area contributed by atoms with Crippen molar-refractivity contribution in [1.82, 2.24) is 0 Å². The summed E-state index contributed by atoms with van der Waals surface area (Å²) >= 11 is 0. The van der Waals surface area contributed by atoms with E-state index >= 15 is 0 Å². The number of esters is 1. The SMILES string of the molecule is C=C(C)C(=O)OC1(C(F)(F)F)OC(C)(C)C(C(F)(F)F)(C(F)(F)F)O1. The van der Waals surface area contributed by atoms with Gasteiger partial charge >= 0.3 is 30.5 Å². The van der Waals surface area contributed by atoms with E-state index in [1.165, 1.54) is 0 Å². The molecule has 1 heterocycles. The van der Waals surface area contributed by atoms with Crippen LogP contribution < -0.4 is 0 Å². The van der Waals surface area contributed by atoms with Crippen LogP contribution in [0.1, 0.15) is 20.8 Å². The lowest BCUT2D eigenvalue weighted by molar-refractivity contribution is -0.472. The first-order valence-corrected chi connectivity index (χ1v) is 6.23. The Bertz CT molecular complexity index is 559. The van der Waals surface area contributed by atoms with E-state index in [1.54, 1.807) is 0 Å². The second kappa shape index (κ2) is 5.50. The fourth-order valence-electron chi connectivity index (χ4n) is 2.14. The Labute approximate surface area is 134 Å². The van der Waals surface area contributed by atoms with Gasteiger partial charge in [-0.05, 0) is 20.8 Å². The average molecular weight is 390 g/mol. The van der Waals surface area contributed by atoms with Crippen LogP contribution in [0.2, 0.25) is 0 Å². The first-order valence-electron chi connectivity index (χ1n) is 6.23. The van der Waals surface area contributed by atoms with Gasteiger partial charge in [-0.2, -0.15) is 39.5 Å². The Morgan fingerprint density at radius 3 is 1.52 bits per heavy atom. The molecule has 0 aromatic carbocycles. The molecule has 1 fully saturated rings. The maximum atomic E-state index is 13.2. The highest BCUT2D eigenvalue weighted by Crippen LogP contribution is 2.62. The van der Waals surface area contributed by atoms with Crippen LogP contribution in [-0.4, -0.2) is 41.7 Å². The number of hydrogen-bond donors (Lipinski definition) is 0. The maximum Gasteiger partial charge on any atom is 0.486 e. The van der Waals surface area contributed by atoms with E-state index in [0.29, 0.717) is 0 Å². The molecule has 1 atom stereocenters. The zero-order valence-corrected chi connectivity index (χ0v) is 12.7. The minimum Gasteiger partial charge on any atom is -0.397 e. The molecule has 13 heteroatoms. The summed E-state index contributed by atoms with van der Waals surface area (Å²) in [6.07, 6.45) is -18.9. The summed E-state index contributed by atoms with van der Waals surface area (Å²) in [5.74, 6) is -6.90. The molecule has 0 bridgehead atoms. The van der Waals surface area contributed by atoms with Crippen molar-refractivity contribution in [2.24, 2.45) is 0 Å². The molecular weight excluding hydrogens is 379 g/mol. The Balaban J connectivity index is 3.69. The standard InChI is InChI=1S/C12H11F9O4/c1-5(2)6(22)23-12(11(19,20)21)24-7(3,4)8(25-12,9(13,14)15)10(16,17)18/h1H2,2-4H3. The molecule has 0 amide bonds. The van der Waals surface area contributed by atoms with Gasteiger partial charge in [-0.25, -0.2) is 4.79 Å². The first-order chi connectivity index (χ1) is 10.7. The van der Waals surface area contributed by atoms with Crippen molar-refractivity contribution < 1.29 is 58.5 Å². The van der Waals surface area contributed by atoms with Gasteiger partial charge in [-0.15, -0.1) is 0 Å². The fourth-order valence-corrected chi connectivity index (χ4v) is 2.14. The lowest BCUT2D eigenvalue weighted by Gasteiger charge is -2.39. The smallest absolute Gasteiger partial charge is 0.397 e. The lowest BCUT2D eigenvalue weighted by atomic mass is 9.84. The minimum absolute atomic E-state index is 0.0794. The third-order valence-corrected chi connectivity index (χ3v) is 3.25. The average Bonchev–Trinajstić information content (AvgIpc) is 2.56. The van der Waals surface area contributed by atoms with E-state index in [2.05, 4.69) is 20.8 Å². The third-order valence-electron chi connectivity index (χ3n) is 3.25. The summed E-state index contributed by atoms with van der Waals surface area (Å²) < 4.78 is 130. The molecule has 146 valence electrons. The van der Waals surface area contributed by atoms with Crippen LogP contribution in [0.15, 0.2) is 12.2 Å². The van der Waals surface area contributed by atoms with Gasteiger partial charge in [-0.1, -0.05) is 6.58 Å². The number of carbonyl (C=O) groups excluding carboxylic acids is 1. The van der Waals surface area contributed by atoms with Crippen molar-refractivity contribution in [3.63, 3.8) is 0 Å². The highest BCUT2D eigenvalue weighted by atomic mass is 19.4. The topological polar surface area (TPSA) is 44.8 Å². The molecule has 1 aliphatic heterocycles. The predicted octanol–water partition coefficient (Wildman–Crippen LogP) is 4.01. The molecule has 1 aliphatic rings. The van der Waals surface area contributed by atoms with Crippen LogP contribution in [0, 0.1) is 0 Å². The van der Waals surface area contributed by atoms with Crippen molar-refractivity contribution in [2.45, 2.75) is 56.5 Å². The summed E-state index contributed by atoms with van der Waals surface area (Å²) in [7, 11) is 0. The van der Waals surface area contributed by atoms with Gasteiger partial charge < -0.3 is 9.47 Å². The highest BCUT2D eigenvalue weighted by Gasteiger charge is 2.90. The zero-order valence-electron chi connectivity index (χ0n) is 12.7. The van der Waals surface area contributed by atoms with E-state index < -0.39 is 47.2 Å². The first kappa shape index (κ1) is 21.5. The van der Waals surface area contributed by atoms with Gasteiger partial charge in [0, 0.05) is 5.57 Å². The zero-order chi connectivity index (χ0) is 20.3. The molecular formula is C12H11F9O4. The van der Waals surface area contributed by atoms with Gasteiger partial charge in [0.2, 0.25) is 0 Å². The quantitative estimate of drug-likeness (QED) is 0.406. The predicted molar refractivity (Wildman–Crippen MR) is 60.8 cm³/mol. The summed E-state index contributed by atoms with van der Waals surface area (Å²) in [4.78, 5) is 11.3. The number of halogens is 9. The Morgan fingerprint density at radius 1 is 0.880 bits per heavy atom. The molecule has 0 aromatic heterocycles. The Morgan fingerprint density at radius 2 is 1.28 bits per heavy atom. The molecule has 4 nitrogen and oxygen atoms in total. The summed E-state index contributed by atoms with van der Waals surface area (Å²) in [5.41, 5.74) is -9.82. The van der Waals surface area contributed by atoms with E-state index in [0.717, 1.165) is 6.92 Å². The second-order valence-corrected chi connectivity index (χ2v) is 5.61. The minimum atomic E-state index is -6.39. The Hall–Kier alpha value is -1.50. The van der Waals surface area contributed by atoms with Crippen LogP contribution in [0.5, 0.6) is 0 Å². The van der Waals surface area contributed by atoms with Crippen LogP contribution in [0.3, 0.4) is 0 Å². The lowest BCUT2D eigenvalue weighted by Crippen LogP contribution is -2.67. The number of alkyl halides is 9. The van der Waals surface area contributed by atoms with E-state index in [9.17, 15) is 44.3 Å². The molecule has 0 spiro atoms. The van der Waals surface area contributed by atoms with Crippen molar-refractivity contribution >= 4 is 5.97 Å². The molecule has 0 saturated carbocycles. The third kappa shape index (κ3) is 3.07. The van der Waals surface area contributed by atoms with Crippen LogP contribution in [0.4, 0.5) is 39.5 Å². The fraction of sp³-hybridized carbons (Fsp3) is 0.750. The van der Waals surface area contributed by atoms with Gasteiger partial charge in [-0.3, -0.25) is 4.74 Å². The van der Waals surface area contributed by atoms with Crippen molar-refractivity contribution in [1.29, 1.82) is 0 Å². The molecule has 1 unspecified atom stereocenters. The van der Waals surface area contributed by atoms with E-state index in [4.69, 9.17) is 0 Å². The van der Waals surface area contributed by atoms with Crippen LogP contribution in [0.25, 0.3) is 0 Å². The number of rotatable bonds is 2. The maximum absolute atomic E-state index is 13.2. The normalized spacial score (nSPS) is 26.4. The number of carbonyl (C=O) groups is 1. The molecule has 0 aromatic rings. The van der Waals surface area contributed by atoms with Gasteiger partial charge in [0.25, 0.3) is 5.60 Å². The van der Waals surface area contributed by atoms with E-state index in [1.807, 2.05) is 0 Å².